The van der Waals surface area contributed by atoms with E-state index in [2.05, 4.69) is 47.6 Å². The summed E-state index contributed by atoms with van der Waals surface area (Å²) in [5, 5.41) is 20.1. The van der Waals surface area contributed by atoms with E-state index in [9.17, 15) is 33.5 Å². The van der Waals surface area contributed by atoms with Crippen molar-refractivity contribution in [3.8, 4) is 16.2 Å². The minimum Gasteiger partial charge on any atom is -0.493 e. The molecule has 410 valence electrons. The maximum absolute atomic E-state index is 14.7. The molecule has 8 rings (SSSR count). The number of β-amino-alcohol motifs (C(OH)–C–C–N with tert-alkyl or cyclic N) is 1. The molecule has 22 heteroatoms. The van der Waals surface area contributed by atoms with Crippen LogP contribution < -0.4 is 31.3 Å². The van der Waals surface area contributed by atoms with Gasteiger partial charge in [-0.3, -0.25) is 28.9 Å². The molecule has 5 amide bonds. The van der Waals surface area contributed by atoms with Crippen molar-refractivity contribution >= 4 is 75.7 Å². The van der Waals surface area contributed by atoms with Crippen LogP contribution in [0.5, 0.6) is 5.75 Å². The molecule has 4 atom stereocenters. The summed E-state index contributed by atoms with van der Waals surface area (Å²) < 4.78 is 21.1. The third-order valence-electron chi connectivity index (χ3n) is 15.0. The monoisotopic (exact) mass is 1100 g/mol. The largest absolute Gasteiger partial charge is 0.493 e. The molecule has 3 aliphatic heterocycles. The first-order valence-electron chi connectivity index (χ1n) is 26.1. The number of aryl methyl sites for hydroxylation is 1. The van der Waals surface area contributed by atoms with Crippen molar-refractivity contribution in [2.45, 2.75) is 133 Å². The summed E-state index contributed by atoms with van der Waals surface area (Å²) in [5.41, 5.74) is 8.02. The van der Waals surface area contributed by atoms with Crippen LogP contribution in [0.25, 0.3) is 10.4 Å². The number of likely N-dealkylation sites (tertiary alicyclic amines) is 1. The summed E-state index contributed by atoms with van der Waals surface area (Å²) in [6.45, 7) is 16.5. The third kappa shape index (κ3) is 13.8. The van der Waals surface area contributed by atoms with Gasteiger partial charge in [0.05, 0.1) is 51.9 Å². The summed E-state index contributed by atoms with van der Waals surface area (Å²) in [5.74, 6) is -1.22. The topological polar surface area (TPSA) is 229 Å². The lowest BCUT2D eigenvalue weighted by Crippen LogP contribution is -2.59. The smallest absolute Gasteiger partial charge is 0.258 e. The number of carbonyl (C=O) groups excluding carboxylic acids is 5. The Balaban J connectivity index is 0.809. The predicted molar refractivity (Wildman–Crippen MR) is 292 cm³/mol. The number of nitrogens with one attached hydrogen (secondary N) is 3. The van der Waals surface area contributed by atoms with Gasteiger partial charge in [0.1, 0.15) is 35.1 Å². The third-order valence-corrected chi connectivity index (χ3v) is 17.4. The number of benzene rings is 2. The Morgan fingerprint density at radius 3 is 2.43 bits per heavy atom. The fraction of sp³-hybridized carbons (Fsp3) is 0.556. The van der Waals surface area contributed by atoms with Gasteiger partial charge < -0.3 is 46.2 Å². The number of piperazine rings is 1. The number of thiazole rings is 1. The normalized spacial score (nSPS) is 20.7. The highest BCUT2D eigenvalue weighted by atomic mass is 35.5. The highest BCUT2D eigenvalue weighted by Gasteiger charge is 2.53. The Morgan fingerprint density at radius 2 is 1.78 bits per heavy atom. The first-order valence-corrected chi connectivity index (χ1v) is 28.2. The SMILES string of the molecule is Cc1ncsc1-c1ccc(CNC(=O)C2CC(O)CN2C(=O)[C@@H](NC(=O)C2(F)CC2)C(C)(C)C)c(OCCCN2CCN(C(=O)CC(=O)Nc3cccc(Sc4cnc(N5CCC(C)(CN)CC5)cn4)c3Cl)[C@H](C)C2)c1. The number of halogens is 2. The molecule has 4 aliphatic rings. The van der Waals surface area contributed by atoms with E-state index in [-0.39, 0.29) is 56.1 Å². The Labute approximate surface area is 457 Å². The van der Waals surface area contributed by atoms with Crippen molar-refractivity contribution in [3.05, 3.63) is 70.6 Å². The molecular weight excluding hydrogens is 1030 g/mol. The number of piperidine rings is 1. The van der Waals surface area contributed by atoms with E-state index < -0.39 is 52.9 Å². The minimum absolute atomic E-state index is 0.00642. The lowest BCUT2D eigenvalue weighted by Gasteiger charge is -2.40. The lowest BCUT2D eigenvalue weighted by molar-refractivity contribution is -0.145. The Bertz CT molecular complexity index is 2750. The number of rotatable bonds is 19. The number of hydrogen-bond donors (Lipinski definition) is 5. The summed E-state index contributed by atoms with van der Waals surface area (Å²) in [4.78, 5) is 90.3. The van der Waals surface area contributed by atoms with Crippen LogP contribution in [-0.2, 0) is 30.5 Å². The molecule has 0 spiro atoms. The Hall–Kier alpha value is -5.45. The van der Waals surface area contributed by atoms with Gasteiger partial charge in [0.2, 0.25) is 23.6 Å². The fourth-order valence-electron chi connectivity index (χ4n) is 9.89. The molecule has 1 saturated carbocycles. The van der Waals surface area contributed by atoms with Crippen LogP contribution in [0.2, 0.25) is 5.02 Å². The molecule has 76 heavy (non-hydrogen) atoms. The van der Waals surface area contributed by atoms with Crippen LogP contribution >= 0.6 is 34.7 Å². The number of nitrogens with two attached hydrogens (primary N) is 1. The summed E-state index contributed by atoms with van der Waals surface area (Å²) in [7, 11) is 0. The number of aromatic nitrogens is 3. The molecule has 18 nitrogen and oxygen atoms in total. The van der Waals surface area contributed by atoms with Crippen LogP contribution in [-0.4, -0.2) is 153 Å². The van der Waals surface area contributed by atoms with Crippen molar-refractivity contribution in [2.24, 2.45) is 16.6 Å². The maximum atomic E-state index is 14.7. The number of amides is 5. The highest BCUT2D eigenvalue weighted by molar-refractivity contribution is 7.99. The molecule has 6 N–H and O–H groups in total. The van der Waals surface area contributed by atoms with Gasteiger partial charge in [0, 0.05) is 75.3 Å². The molecule has 5 heterocycles. The first kappa shape index (κ1) is 56.7. The molecule has 0 radical (unpaired) electrons. The van der Waals surface area contributed by atoms with E-state index >= 15 is 0 Å². The van der Waals surface area contributed by atoms with Crippen LogP contribution in [0.3, 0.4) is 0 Å². The van der Waals surface area contributed by atoms with Crippen molar-refractivity contribution in [3.63, 3.8) is 0 Å². The van der Waals surface area contributed by atoms with Gasteiger partial charge in [-0.25, -0.2) is 19.3 Å². The van der Waals surface area contributed by atoms with Gasteiger partial charge in [-0.1, -0.05) is 69.3 Å². The number of carbonyl (C=O) groups is 5. The Morgan fingerprint density at radius 1 is 1.01 bits per heavy atom. The van der Waals surface area contributed by atoms with E-state index in [1.54, 1.807) is 55.7 Å². The van der Waals surface area contributed by atoms with Gasteiger partial charge in [0.15, 0.2) is 5.67 Å². The van der Waals surface area contributed by atoms with Crippen molar-refractivity contribution in [1.82, 2.24) is 40.3 Å². The van der Waals surface area contributed by atoms with Gasteiger partial charge in [-0.05, 0) is 87.1 Å². The van der Waals surface area contributed by atoms with Crippen molar-refractivity contribution in [2.75, 3.05) is 69.2 Å². The van der Waals surface area contributed by atoms with Crippen LogP contribution in [0.4, 0.5) is 15.9 Å². The molecule has 2 aromatic heterocycles. The zero-order valence-electron chi connectivity index (χ0n) is 44.2. The first-order chi connectivity index (χ1) is 36.1. The summed E-state index contributed by atoms with van der Waals surface area (Å²) in [6, 6.07) is 8.84. The second kappa shape index (κ2) is 24.1. The lowest BCUT2D eigenvalue weighted by atomic mass is 9.80. The molecule has 1 aliphatic carbocycles. The second-order valence-corrected chi connectivity index (χ2v) is 24.3. The zero-order valence-corrected chi connectivity index (χ0v) is 46.6. The highest BCUT2D eigenvalue weighted by Crippen LogP contribution is 2.41. The molecule has 4 fully saturated rings. The molecular formula is C54H71ClFN11O7S2. The van der Waals surface area contributed by atoms with Gasteiger partial charge >= 0.3 is 0 Å². The fourth-order valence-corrected chi connectivity index (χ4v) is 11.8. The average molecular weight is 1100 g/mol. The van der Waals surface area contributed by atoms with Gasteiger partial charge in [0.25, 0.3) is 5.91 Å². The minimum atomic E-state index is -1.99. The van der Waals surface area contributed by atoms with E-state index in [1.165, 1.54) is 28.0 Å². The van der Waals surface area contributed by atoms with Crippen LogP contribution in [0.15, 0.2) is 64.2 Å². The maximum Gasteiger partial charge on any atom is 0.258 e. The van der Waals surface area contributed by atoms with Crippen molar-refractivity contribution < 1.29 is 38.2 Å². The van der Waals surface area contributed by atoms with E-state index in [0.29, 0.717) is 77.7 Å². The van der Waals surface area contributed by atoms with E-state index in [4.69, 9.17) is 22.1 Å². The number of ether oxygens (including phenoxy) is 1. The number of alkyl halides is 1. The number of aliphatic hydroxyl groups is 1. The van der Waals surface area contributed by atoms with Crippen molar-refractivity contribution in [1.29, 1.82) is 0 Å². The number of aliphatic hydroxyl groups excluding tert-OH is 1. The standard InChI is InChI=1S/C54H71ClFN11O7S2/c1-33-29-64(20-21-66(33)45(70)25-43(69)62-38-9-7-10-41(46(38)55)76-44-28-58-42(27-59-44)65-18-15-53(6,31-57)16-19-65)17-8-22-74-40-23-35(47-34(2)61-32-75-47)11-12-36(40)26-60-49(71)39-24-37(68)30-67(39)50(72)48(52(3,4)5)63-51(73)54(56)13-14-54/h7,9-12,23,27-28,32-33,37,39,48,68H,8,13-22,24-26,29-31,57H2,1-6H3,(H,60,71)(H,62,69)(H,63,73)/t33-,37?,39?,48-/m1/s1. The summed E-state index contributed by atoms with van der Waals surface area (Å²) >= 11 is 9.64. The molecule has 2 unspecified atom stereocenters. The Kier molecular flexibility index (Phi) is 18.0. The van der Waals surface area contributed by atoms with Crippen LogP contribution in [0, 0.1) is 17.8 Å². The van der Waals surface area contributed by atoms with E-state index in [1.807, 2.05) is 38.1 Å². The second-order valence-electron chi connectivity index (χ2n) is 22.0. The zero-order chi connectivity index (χ0) is 54.5. The number of nitrogens with zero attached hydrogens (tertiary/aromatic N) is 7. The molecule has 2 aromatic carbocycles. The van der Waals surface area contributed by atoms with Crippen LogP contribution in [0.1, 0.15) is 90.8 Å². The predicted octanol–water partition coefficient (Wildman–Crippen LogP) is 6.22. The summed E-state index contributed by atoms with van der Waals surface area (Å²) in [6.07, 6.45) is 5.06. The molecule has 3 saturated heterocycles. The van der Waals surface area contributed by atoms with Gasteiger partial charge in [-0.2, -0.15) is 0 Å². The number of hydrogen-bond acceptors (Lipinski definition) is 15. The van der Waals surface area contributed by atoms with E-state index in [0.717, 1.165) is 47.9 Å². The number of anilines is 2. The quantitative estimate of drug-likeness (QED) is 0.0519. The molecule has 4 aromatic rings. The molecule has 0 bridgehead atoms. The van der Waals surface area contributed by atoms with Gasteiger partial charge in [-0.15, -0.1) is 11.3 Å². The average Bonchev–Trinajstić information content (AvgIpc) is 3.80.